The summed E-state index contributed by atoms with van der Waals surface area (Å²) >= 11 is 0. The van der Waals surface area contributed by atoms with Gasteiger partial charge < -0.3 is 19.7 Å². The molecule has 3 aliphatic heterocycles. The molecule has 3 saturated heterocycles. The second-order valence-corrected chi connectivity index (χ2v) is 13.8. The van der Waals surface area contributed by atoms with Gasteiger partial charge in [0.1, 0.15) is 5.82 Å². The molecule has 48 heavy (non-hydrogen) atoms. The molecule has 4 atom stereocenters. The number of carbonyl (C=O) groups is 2. The highest BCUT2D eigenvalue weighted by Crippen LogP contribution is 2.46. The zero-order chi connectivity index (χ0) is 34.4. The minimum absolute atomic E-state index is 0.00719. The molecule has 256 valence electrons. The molecule has 3 fully saturated rings. The summed E-state index contributed by atoms with van der Waals surface area (Å²) in [5.74, 6) is -2.82. The SMILES string of the molecule is Cc1ccc(NC(=O)C2CC3COCC3N(C(=O)c3c(C)cccc3F)C2c2ccc(CN3CCOCC3(C)C)cc2)cc1C(F)(F)F. The maximum atomic E-state index is 15.3. The number of hydrogen-bond donors (Lipinski definition) is 1. The predicted molar refractivity (Wildman–Crippen MR) is 173 cm³/mol. The average Bonchev–Trinajstić information content (AvgIpc) is 3.50. The second-order valence-electron chi connectivity index (χ2n) is 13.8. The minimum Gasteiger partial charge on any atom is -0.379 e. The number of piperidine rings is 1. The predicted octanol–water partition coefficient (Wildman–Crippen LogP) is 6.93. The van der Waals surface area contributed by atoms with E-state index in [1.54, 1.807) is 17.9 Å². The van der Waals surface area contributed by atoms with Gasteiger partial charge in [-0.3, -0.25) is 14.5 Å². The third kappa shape index (κ3) is 6.73. The number of alkyl halides is 3. The molecule has 2 amide bonds. The molecule has 0 radical (unpaired) electrons. The Bertz CT molecular complexity index is 1660. The lowest BCUT2D eigenvalue weighted by Crippen LogP contribution is -2.55. The topological polar surface area (TPSA) is 71.1 Å². The zero-order valence-electron chi connectivity index (χ0n) is 27.6. The number of hydrogen-bond acceptors (Lipinski definition) is 5. The minimum atomic E-state index is -4.59. The van der Waals surface area contributed by atoms with Gasteiger partial charge in [-0.25, -0.2) is 4.39 Å². The number of aryl methyl sites for hydroxylation is 2. The number of carbonyl (C=O) groups excluding carboxylic acids is 2. The van der Waals surface area contributed by atoms with Crippen LogP contribution in [-0.4, -0.2) is 66.2 Å². The number of fused-ring (bicyclic) bond motifs is 1. The Hall–Kier alpha value is -3.80. The highest BCUT2D eigenvalue weighted by molar-refractivity contribution is 5.98. The Kier molecular flexibility index (Phi) is 9.41. The largest absolute Gasteiger partial charge is 0.416 e. The Labute approximate surface area is 278 Å². The normalized spacial score (nSPS) is 24.3. The molecule has 4 unspecified atom stereocenters. The number of likely N-dealkylation sites (tertiary alicyclic amines) is 1. The molecule has 0 aliphatic carbocycles. The molecule has 3 aromatic carbocycles. The van der Waals surface area contributed by atoms with Gasteiger partial charge in [0, 0.05) is 30.2 Å². The van der Waals surface area contributed by atoms with E-state index in [1.807, 2.05) is 24.3 Å². The molecule has 3 aliphatic rings. The molecule has 3 aromatic rings. The van der Waals surface area contributed by atoms with E-state index in [2.05, 4.69) is 24.1 Å². The van der Waals surface area contributed by atoms with Gasteiger partial charge in [0.2, 0.25) is 5.91 Å². The van der Waals surface area contributed by atoms with E-state index in [1.165, 1.54) is 31.2 Å². The fourth-order valence-electron chi connectivity index (χ4n) is 7.39. The van der Waals surface area contributed by atoms with Crippen molar-refractivity contribution in [3.8, 4) is 0 Å². The smallest absolute Gasteiger partial charge is 0.379 e. The summed E-state index contributed by atoms with van der Waals surface area (Å²) in [6.45, 7) is 10.5. The quantitative estimate of drug-likeness (QED) is 0.289. The zero-order valence-corrected chi connectivity index (χ0v) is 27.6. The van der Waals surface area contributed by atoms with Crippen molar-refractivity contribution in [1.29, 1.82) is 0 Å². The molecule has 0 spiro atoms. The summed E-state index contributed by atoms with van der Waals surface area (Å²) in [4.78, 5) is 32.5. The molecular formula is C37H41F4N3O4. The van der Waals surface area contributed by atoms with Crippen LogP contribution >= 0.6 is 0 Å². The molecular weight excluding hydrogens is 626 g/mol. The summed E-state index contributed by atoms with van der Waals surface area (Å²) in [7, 11) is 0. The van der Waals surface area contributed by atoms with Crippen molar-refractivity contribution in [2.75, 3.05) is 38.3 Å². The molecule has 0 saturated carbocycles. The summed E-state index contributed by atoms with van der Waals surface area (Å²) in [6.07, 6.45) is -4.26. The third-order valence-corrected chi connectivity index (χ3v) is 10.1. The molecule has 0 aromatic heterocycles. The maximum Gasteiger partial charge on any atom is 0.416 e. The van der Waals surface area contributed by atoms with Gasteiger partial charge in [-0.2, -0.15) is 13.2 Å². The van der Waals surface area contributed by atoms with Crippen molar-refractivity contribution in [3.63, 3.8) is 0 Å². The number of amides is 2. The van der Waals surface area contributed by atoms with Crippen LogP contribution in [0, 0.1) is 31.5 Å². The maximum absolute atomic E-state index is 15.3. The lowest BCUT2D eigenvalue weighted by Gasteiger charge is -2.47. The lowest BCUT2D eigenvalue weighted by molar-refractivity contribution is -0.138. The first kappa shape index (κ1) is 34.1. The van der Waals surface area contributed by atoms with Gasteiger partial charge in [-0.05, 0) is 74.6 Å². The second kappa shape index (κ2) is 13.2. The van der Waals surface area contributed by atoms with E-state index >= 15 is 4.39 Å². The Morgan fingerprint density at radius 3 is 2.42 bits per heavy atom. The highest BCUT2D eigenvalue weighted by Gasteiger charge is 2.51. The fourth-order valence-corrected chi connectivity index (χ4v) is 7.39. The molecule has 11 heteroatoms. The number of rotatable bonds is 6. The van der Waals surface area contributed by atoms with Crippen LogP contribution in [0.4, 0.5) is 23.2 Å². The van der Waals surface area contributed by atoms with Crippen LogP contribution in [0.25, 0.3) is 0 Å². The molecule has 3 heterocycles. The van der Waals surface area contributed by atoms with Crippen LogP contribution in [0.1, 0.15) is 64.5 Å². The van der Waals surface area contributed by atoms with E-state index in [-0.39, 0.29) is 34.9 Å². The third-order valence-electron chi connectivity index (χ3n) is 10.1. The number of anilines is 1. The Balaban J connectivity index is 1.39. The van der Waals surface area contributed by atoms with Crippen LogP contribution in [0.3, 0.4) is 0 Å². The van der Waals surface area contributed by atoms with Crippen molar-refractivity contribution < 1.29 is 36.6 Å². The summed E-state index contributed by atoms with van der Waals surface area (Å²) in [5, 5.41) is 2.72. The van der Waals surface area contributed by atoms with E-state index < -0.39 is 47.4 Å². The number of halogens is 4. The first-order valence-corrected chi connectivity index (χ1v) is 16.3. The van der Waals surface area contributed by atoms with Crippen LogP contribution in [0.2, 0.25) is 0 Å². The monoisotopic (exact) mass is 667 g/mol. The van der Waals surface area contributed by atoms with E-state index in [0.717, 1.165) is 18.2 Å². The number of ether oxygens (including phenoxy) is 2. The number of nitrogens with zero attached hydrogens (tertiary/aromatic N) is 2. The van der Waals surface area contributed by atoms with Crippen molar-refractivity contribution >= 4 is 17.5 Å². The van der Waals surface area contributed by atoms with Crippen molar-refractivity contribution in [1.82, 2.24) is 9.80 Å². The fraction of sp³-hybridized carbons (Fsp3) is 0.459. The van der Waals surface area contributed by atoms with Crippen LogP contribution in [0.15, 0.2) is 60.7 Å². The number of benzene rings is 3. The molecule has 1 N–H and O–H groups in total. The van der Waals surface area contributed by atoms with Gasteiger partial charge in [-0.1, -0.05) is 42.5 Å². The van der Waals surface area contributed by atoms with Crippen molar-refractivity contribution in [2.24, 2.45) is 11.8 Å². The Morgan fingerprint density at radius 2 is 1.73 bits per heavy atom. The lowest BCUT2D eigenvalue weighted by atomic mass is 9.76. The van der Waals surface area contributed by atoms with Gasteiger partial charge in [0.05, 0.1) is 55.6 Å². The number of morpholine rings is 1. The summed E-state index contributed by atoms with van der Waals surface area (Å²) in [6, 6.07) is 14.6. The summed E-state index contributed by atoms with van der Waals surface area (Å²) in [5.41, 5.74) is 1.16. The van der Waals surface area contributed by atoms with Crippen LogP contribution in [-0.2, 0) is 27.0 Å². The van der Waals surface area contributed by atoms with Crippen molar-refractivity contribution in [2.45, 2.75) is 64.5 Å². The molecule has 0 bridgehead atoms. The van der Waals surface area contributed by atoms with Gasteiger partial charge in [-0.15, -0.1) is 0 Å². The van der Waals surface area contributed by atoms with Crippen LogP contribution in [0.5, 0.6) is 0 Å². The van der Waals surface area contributed by atoms with Gasteiger partial charge in [0.25, 0.3) is 5.91 Å². The van der Waals surface area contributed by atoms with Gasteiger partial charge >= 0.3 is 6.18 Å². The average molecular weight is 668 g/mol. The van der Waals surface area contributed by atoms with E-state index in [9.17, 15) is 22.8 Å². The Morgan fingerprint density at radius 1 is 0.979 bits per heavy atom. The molecule has 7 nitrogen and oxygen atoms in total. The highest BCUT2D eigenvalue weighted by atomic mass is 19.4. The van der Waals surface area contributed by atoms with Crippen molar-refractivity contribution in [3.05, 3.63) is 99.9 Å². The standard InChI is InChI=1S/C37H41F4N3O4/c1-22-8-13-27(17-29(22)37(39,40)41)42-34(45)28-16-26-19-48-20-31(26)44(35(46)32-23(2)6-5-7-30(32)38)33(28)25-11-9-24(10-12-25)18-43-14-15-47-21-36(43,3)4/h5-13,17,26,28,31,33H,14-16,18-21H2,1-4H3,(H,42,45). The van der Waals surface area contributed by atoms with E-state index in [4.69, 9.17) is 9.47 Å². The van der Waals surface area contributed by atoms with E-state index in [0.29, 0.717) is 43.9 Å². The van der Waals surface area contributed by atoms with Gasteiger partial charge in [0.15, 0.2) is 0 Å². The first-order valence-electron chi connectivity index (χ1n) is 16.3. The summed E-state index contributed by atoms with van der Waals surface area (Å²) < 4.78 is 68.0. The number of nitrogens with one attached hydrogen (secondary N) is 1. The molecule has 6 rings (SSSR count). The first-order chi connectivity index (χ1) is 22.7. The van der Waals surface area contributed by atoms with Crippen LogP contribution < -0.4 is 5.32 Å².